The minimum Gasteiger partial charge on any atom is -0.353 e. The smallest absolute Gasteiger partial charge is 0.222 e. The van der Waals surface area contributed by atoms with Gasteiger partial charge in [0, 0.05) is 49.4 Å². The van der Waals surface area contributed by atoms with E-state index in [2.05, 4.69) is 23.7 Å². The van der Waals surface area contributed by atoms with Gasteiger partial charge < -0.3 is 9.80 Å². The van der Waals surface area contributed by atoms with Crippen molar-refractivity contribution < 1.29 is 9.18 Å². The first kappa shape index (κ1) is 20.2. The van der Waals surface area contributed by atoms with E-state index in [1.165, 1.54) is 12.1 Å². The molecule has 1 saturated heterocycles. The lowest BCUT2D eigenvalue weighted by atomic mass is 10.1. The third-order valence-electron chi connectivity index (χ3n) is 5.30. The van der Waals surface area contributed by atoms with Crippen molar-refractivity contribution in [3.63, 3.8) is 0 Å². The average Bonchev–Trinajstić information content (AvgIpc) is 2.71. The number of unbranched alkanes of at least 4 members (excludes halogenated alkanes) is 1. The first-order valence-electron chi connectivity index (χ1n) is 10.2. The number of hydrogen-bond donors (Lipinski definition) is 0. The van der Waals surface area contributed by atoms with Crippen molar-refractivity contribution in [2.75, 3.05) is 31.1 Å². The van der Waals surface area contributed by atoms with Gasteiger partial charge in [0.1, 0.15) is 11.6 Å². The molecule has 0 radical (unpaired) electrons. The van der Waals surface area contributed by atoms with Crippen LogP contribution in [0.15, 0.2) is 24.3 Å². The number of rotatable bonds is 6. The van der Waals surface area contributed by atoms with Crippen molar-refractivity contribution in [1.82, 2.24) is 14.9 Å². The third kappa shape index (κ3) is 4.49. The van der Waals surface area contributed by atoms with Crippen molar-refractivity contribution in [1.29, 1.82) is 0 Å². The molecule has 0 atom stereocenters. The van der Waals surface area contributed by atoms with Gasteiger partial charge in [0.25, 0.3) is 0 Å². The average molecular weight is 384 g/mol. The lowest BCUT2D eigenvalue weighted by Gasteiger charge is -2.36. The predicted molar refractivity (Wildman–Crippen MR) is 110 cm³/mol. The van der Waals surface area contributed by atoms with Crippen molar-refractivity contribution in [2.24, 2.45) is 0 Å². The molecule has 6 heteroatoms. The molecule has 28 heavy (non-hydrogen) atoms. The summed E-state index contributed by atoms with van der Waals surface area (Å²) in [5.74, 6) is 1.41. The maximum Gasteiger partial charge on any atom is 0.222 e. The van der Waals surface area contributed by atoms with Crippen molar-refractivity contribution in [3.8, 4) is 11.4 Å². The number of piperazine rings is 1. The Labute approximate surface area is 166 Å². The zero-order chi connectivity index (χ0) is 20.1. The van der Waals surface area contributed by atoms with E-state index in [4.69, 9.17) is 4.98 Å². The second-order valence-corrected chi connectivity index (χ2v) is 7.27. The Balaban J connectivity index is 1.82. The summed E-state index contributed by atoms with van der Waals surface area (Å²) in [6.45, 7) is 9.12. The summed E-state index contributed by atoms with van der Waals surface area (Å²) in [7, 11) is 0. The van der Waals surface area contributed by atoms with Gasteiger partial charge >= 0.3 is 0 Å². The van der Waals surface area contributed by atoms with Gasteiger partial charge in [-0.1, -0.05) is 32.4 Å². The van der Waals surface area contributed by atoms with Gasteiger partial charge in [-0.15, -0.1) is 0 Å². The van der Waals surface area contributed by atoms with Crippen LogP contribution in [0.5, 0.6) is 0 Å². The fourth-order valence-electron chi connectivity index (χ4n) is 3.67. The van der Waals surface area contributed by atoms with E-state index in [-0.39, 0.29) is 11.7 Å². The number of carbonyl (C=O) groups is 1. The number of benzene rings is 1. The normalized spacial score (nSPS) is 14.4. The van der Waals surface area contributed by atoms with Crippen molar-refractivity contribution in [3.05, 3.63) is 41.3 Å². The highest BCUT2D eigenvalue weighted by Crippen LogP contribution is 2.27. The van der Waals surface area contributed by atoms with Crippen LogP contribution in [0.2, 0.25) is 0 Å². The maximum atomic E-state index is 13.7. The highest BCUT2D eigenvalue weighted by atomic mass is 19.1. The van der Waals surface area contributed by atoms with E-state index < -0.39 is 0 Å². The predicted octanol–water partition coefficient (Wildman–Crippen LogP) is 3.99. The summed E-state index contributed by atoms with van der Waals surface area (Å²) < 4.78 is 13.7. The first-order chi connectivity index (χ1) is 13.5. The van der Waals surface area contributed by atoms with Crippen LogP contribution >= 0.6 is 0 Å². The molecule has 0 unspecified atom stereocenters. The number of carbonyl (C=O) groups excluding carboxylic acids is 1. The quantitative estimate of drug-likeness (QED) is 0.756. The number of anilines is 1. The highest BCUT2D eigenvalue weighted by molar-refractivity contribution is 5.76. The Hall–Kier alpha value is -2.50. The fraction of sp³-hybridized carbons (Fsp3) is 0.500. The molecule has 2 aromatic rings. The van der Waals surface area contributed by atoms with E-state index in [0.29, 0.717) is 30.9 Å². The van der Waals surface area contributed by atoms with E-state index in [1.807, 2.05) is 17.9 Å². The van der Waals surface area contributed by atoms with E-state index in [9.17, 15) is 9.18 Å². The molecular weight excluding hydrogens is 355 g/mol. The lowest BCUT2D eigenvalue weighted by molar-refractivity contribution is -0.131. The van der Waals surface area contributed by atoms with Crippen LogP contribution in [-0.2, 0) is 11.2 Å². The van der Waals surface area contributed by atoms with E-state index in [0.717, 1.165) is 49.4 Å². The summed E-state index contributed by atoms with van der Waals surface area (Å²) in [5, 5.41) is 0. The van der Waals surface area contributed by atoms with Gasteiger partial charge in [0.2, 0.25) is 5.91 Å². The minimum atomic E-state index is -0.293. The highest BCUT2D eigenvalue weighted by Gasteiger charge is 2.24. The zero-order valence-electron chi connectivity index (χ0n) is 17.0. The van der Waals surface area contributed by atoms with Crippen LogP contribution in [0.25, 0.3) is 11.4 Å². The van der Waals surface area contributed by atoms with Gasteiger partial charge in [0.05, 0.1) is 0 Å². The Morgan fingerprint density at radius 3 is 2.54 bits per heavy atom. The number of nitrogens with zero attached hydrogens (tertiary/aromatic N) is 4. The van der Waals surface area contributed by atoms with Crippen LogP contribution in [0.3, 0.4) is 0 Å². The summed E-state index contributed by atoms with van der Waals surface area (Å²) in [6.07, 6.45) is 3.45. The third-order valence-corrected chi connectivity index (χ3v) is 5.30. The standard InChI is InChI=1S/C22H29FN4O/c1-4-6-10-20(28)26-11-13-27(14-12-26)22-19(5-2)16(3)24-21(25-22)17-8-7-9-18(23)15-17/h7-9,15H,4-6,10-14H2,1-3H3. The topological polar surface area (TPSA) is 49.3 Å². The minimum absolute atomic E-state index is 0.247. The van der Waals surface area contributed by atoms with Crippen molar-refractivity contribution in [2.45, 2.75) is 46.5 Å². The van der Waals surface area contributed by atoms with Crippen LogP contribution in [0.1, 0.15) is 44.4 Å². The van der Waals surface area contributed by atoms with Crippen LogP contribution in [0, 0.1) is 12.7 Å². The monoisotopic (exact) mass is 384 g/mol. The van der Waals surface area contributed by atoms with Crippen LogP contribution < -0.4 is 4.90 Å². The molecular formula is C22H29FN4O. The summed E-state index contributed by atoms with van der Waals surface area (Å²) in [6, 6.07) is 6.40. The molecule has 1 aromatic heterocycles. The molecule has 1 amide bonds. The summed E-state index contributed by atoms with van der Waals surface area (Å²) in [5.41, 5.74) is 2.72. The molecule has 150 valence electrons. The van der Waals surface area contributed by atoms with E-state index in [1.54, 1.807) is 6.07 Å². The second kappa shape index (κ2) is 9.13. The second-order valence-electron chi connectivity index (χ2n) is 7.27. The molecule has 0 aliphatic carbocycles. The van der Waals surface area contributed by atoms with Gasteiger partial charge in [-0.2, -0.15) is 0 Å². The Bertz CT molecular complexity index is 831. The first-order valence-corrected chi connectivity index (χ1v) is 10.2. The van der Waals surface area contributed by atoms with Crippen LogP contribution in [0.4, 0.5) is 10.2 Å². The molecule has 0 saturated carbocycles. The number of aromatic nitrogens is 2. The molecule has 1 aliphatic heterocycles. The van der Waals surface area contributed by atoms with E-state index >= 15 is 0 Å². The molecule has 3 rings (SSSR count). The molecule has 1 aromatic carbocycles. The van der Waals surface area contributed by atoms with Gasteiger partial charge in [-0.25, -0.2) is 14.4 Å². The van der Waals surface area contributed by atoms with Crippen LogP contribution in [-0.4, -0.2) is 47.0 Å². The zero-order valence-corrected chi connectivity index (χ0v) is 17.0. The summed E-state index contributed by atoms with van der Waals surface area (Å²) in [4.78, 5) is 25.9. The SMILES string of the molecule is CCCCC(=O)N1CCN(c2nc(-c3cccc(F)c3)nc(C)c2CC)CC1. The van der Waals surface area contributed by atoms with Gasteiger partial charge in [-0.05, 0) is 31.9 Å². The number of halogens is 1. The molecule has 0 bridgehead atoms. The number of aryl methyl sites for hydroxylation is 1. The number of hydrogen-bond acceptors (Lipinski definition) is 4. The van der Waals surface area contributed by atoms with Gasteiger partial charge in [-0.3, -0.25) is 4.79 Å². The molecule has 5 nitrogen and oxygen atoms in total. The van der Waals surface area contributed by atoms with Crippen molar-refractivity contribution >= 4 is 11.7 Å². The molecule has 2 heterocycles. The molecule has 1 fully saturated rings. The Morgan fingerprint density at radius 2 is 1.89 bits per heavy atom. The molecule has 0 N–H and O–H groups in total. The Morgan fingerprint density at radius 1 is 1.14 bits per heavy atom. The fourth-order valence-corrected chi connectivity index (χ4v) is 3.67. The molecule has 1 aliphatic rings. The van der Waals surface area contributed by atoms with Gasteiger partial charge in [0.15, 0.2) is 5.82 Å². The summed E-state index contributed by atoms with van der Waals surface area (Å²) >= 11 is 0. The lowest BCUT2D eigenvalue weighted by Crippen LogP contribution is -2.49. The maximum absolute atomic E-state index is 13.7. The Kier molecular flexibility index (Phi) is 6.60. The largest absolute Gasteiger partial charge is 0.353 e. The molecule has 0 spiro atoms. The number of amides is 1.